The summed E-state index contributed by atoms with van der Waals surface area (Å²) < 4.78 is 5.56. The van der Waals surface area contributed by atoms with E-state index in [0.29, 0.717) is 11.5 Å². The Morgan fingerprint density at radius 2 is 2.31 bits per heavy atom. The van der Waals surface area contributed by atoms with Crippen molar-refractivity contribution in [3.8, 4) is 0 Å². The average Bonchev–Trinajstić information content (AvgIpc) is 2.60. The standard InChI is InChI=1S/C13H21NOS/c1-10-4-5-12(15-10)7-14-11-6-13(2,3)9-16-8-11/h4-5,11,14H,6-9H2,1-3H3. The Morgan fingerprint density at radius 1 is 1.50 bits per heavy atom. The largest absolute Gasteiger partial charge is 0.465 e. The molecule has 16 heavy (non-hydrogen) atoms. The number of furan rings is 1. The highest BCUT2D eigenvalue weighted by Crippen LogP contribution is 2.33. The van der Waals surface area contributed by atoms with E-state index in [1.807, 2.05) is 13.0 Å². The lowest BCUT2D eigenvalue weighted by atomic mass is 9.88. The van der Waals surface area contributed by atoms with Crippen LogP contribution in [0.2, 0.25) is 0 Å². The Kier molecular flexibility index (Phi) is 3.65. The maximum Gasteiger partial charge on any atom is 0.117 e. The minimum Gasteiger partial charge on any atom is -0.465 e. The molecule has 1 N–H and O–H groups in total. The summed E-state index contributed by atoms with van der Waals surface area (Å²) in [5.41, 5.74) is 0.472. The fourth-order valence-electron chi connectivity index (χ4n) is 2.22. The van der Waals surface area contributed by atoms with Gasteiger partial charge in [0.1, 0.15) is 11.5 Å². The van der Waals surface area contributed by atoms with Crippen LogP contribution >= 0.6 is 11.8 Å². The van der Waals surface area contributed by atoms with Crippen molar-refractivity contribution in [2.45, 2.75) is 39.8 Å². The van der Waals surface area contributed by atoms with Gasteiger partial charge in [-0.2, -0.15) is 11.8 Å². The van der Waals surface area contributed by atoms with Crippen LogP contribution in [0.4, 0.5) is 0 Å². The van der Waals surface area contributed by atoms with Crippen LogP contribution in [0.5, 0.6) is 0 Å². The van der Waals surface area contributed by atoms with Crippen LogP contribution in [0.15, 0.2) is 16.5 Å². The minimum absolute atomic E-state index is 0.472. The van der Waals surface area contributed by atoms with Gasteiger partial charge in [0.15, 0.2) is 0 Å². The Morgan fingerprint density at radius 3 is 2.94 bits per heavy atom. The molecule has 1 unspecified atom stereocenters. The van der Waals surface area contributed by atoms with Gasteiger partial charge in [-0.15, -0.1) is 0 Å². The van der Waals surface area contributed by atoms with Gasteiger partial charge in [0.2, 0.25) is 0 Å². The van der Waals surface area contributed by atoms with Gasteiger partial charge in [0, 0.05) is 11.8 Å². The zero-order chi connectivity index (χ0) is 11.6. The first-order valence-electron chi connectivity index (χ1n) is 5.92. The lowest BCUT2D eigenvalue weighted by Gasteiger charge is -2.35. The van der Waals surface area contributed by atoms with Crippen molar-refractivity contribution in [1.82, 2.24) is 5.32 Å². The maximum atomic E-state index is 5.56. The molecule has 1 fully saturated rings. The lowest BCUT2D eigenvalue weighted by molar-refractivity contribution is 0.310. The average molecular weight is 239 g/mol. The number of aryl methyl sites for hydroxylation is 1. The van der Waals surface area contributed by atoms with E-state index < -0.39 is 0 Å². The molecule has 1 aliphatic rings. The summed E-state index contributed by atoms with van der Waals surface area (Å²) in [6.45, 7) is 7.55. The van der Waals surface area contributed by atoms with Gasteiger partial charge in [-0.25, -0.2) is 0 Å². The second-order valence-corrected chi connectivity index (χ2v) is 6.50. The van der Waals surface area contributed by atoms with Crippen LogP contribution in [0.1, 0.15) is 31.8 Å². The molecule has 0 bridgehead atoms. The predicted molar refractivity (Wildman–Crippen MR) is 69.8 cm³/mol. The normalized spacial score (nSPS) is 24.6. The first kappa shape index (κ1) is 12.1. The monoisotopic (exact) mass is 239 g/mol. The Balaban J connectivity index is 1.82. The molecule has 0 amide bonds. The van der Waals surface area contributed by atoms with E-state index in [4.69, 9.17) is 4.42 Å². The first-order valence-corrected chi connectivity index (χ1v) is 7.07. The predicted octanol–water partition coefficient (Wildman–Crippen LogP) is 3.21. The molecule has 0 aliphatic carbocycles. The number of hydrogen-bond acceptors (Lipinski definition) is 3. The van der Waals surface area contributed by atoms with Crippen LogP contribution in [0, 0.1) is 12.3 Å². The van der Waals surface area contributed by atoms with Crippen LogP contribution < -0.4 is 5.32 Å². The van der Waals surface area contributed by atoms with Gasteiger partial charge in [0.25, 0.3) is 0 Å². The topological polar surface area (TPSA) is 25.2 Å². The first-order chi connectivity index (χ1) is 7.55. The summed E-state index contributed by atoms with van der Waals surface area (Å²) in [6.07, 6.45) is 1.26. The Labute approximate surface area is 102 Å². The van der Waals surface area contributed by atoms with Crippen molar-refractivity contribution >= 4 is 11.8 Å². The molecule has 2 rings (SSSR count). The maximum absolute atomic E-state index is 5.56. The van der Waals surface area contributed by atoms with Crippen molar-refractivity contribution in [2.24, 2.45) is 5.41 Å². The van der Waals surface area contributed by atoms with Crippen molar-refractivity contribution in [2.75, 3.05) is 11.5 Å². The molecule has 2 nitrogen and oxygen atoms in total. The fourth-order valence-corrected chi connectivity index (χ4v) is 3.53. The van der Waals surface area contributed by atoms with Crippen molar-refractivity contribution in [3.63, 3.8) is 0 Å². The Hall–Kier alpha value is -0.410. The van der Waals surface area contributed by atoms with E-state index in [9.17, 15) is 0 Å². The van der Waals surface area contributed by atoms with Crippen LogP contribution in [-0.2, 0) is 6.54 Å². The van der Waals surface area contributed by atoms with Crippen molar-refractivity contribution < 1.29 is 4.42 Å². The Bertz CT molecular complexity index is 345. The van der Waals surface area contributed by atoms with Gasteiger partial charge in [-0.3, -0.25) is 0 Å². The molecule has 1 aromatic heterocycles. The zero-order valence-corrected chi connectivity index (χ0v) is 11.2. The molecule has 2 heterocycles. The molecular weight excluding hydrogens is 218 g/mol. The van der Waals surface area contributed by atoms with E-state index in [1.54, 1.807) is 0 Å². The molecule has 3 heteroatoms. The molecule has 1 saturated heterocycles. The van der Waals surface area contributed by atoms with Gasteiger partial charge >= 0.3 is 0 Å². The smallest absolute Gasteiger partial charge is 0.117 e. The van der Waals surface area contributed by atoms with E-state index in [2.05, 4.69) is 37.0 Å². The summed E-state index contributed by atoms with van der Waals surface area (Å²) >= 11 is 2.06. The van der Waals surface area contributed by atoms with E-state index in [1.165, 1.54) is 17.9 Å². The molecule has 0 saturated carbocycles. The third-order valence-electron chi connectivity index (χ3n) is 2.97. The van der Waals surface area contributed by atoms with Gasteiger partial charge in [0.05, 0.1) is 6.54 Å². The van der Waals surface area contributed by atoms with Crippen LogP contribution in [0.3, 0.4) is 0 Å². The molecule has 1 aliphatic heterocycles. The van der Waals surface area contributed by atoms with Crippen molar-refractivity contribution in [1.29, 1.82) is 0 Å². The molecule has 1 aromatic rings. The summed E-state index contributed by atoms with van der Waals surface area (Å²) in [7, 11) is 0. The van der Waals surface area contributed by atoms with Gasteiger partial charge in [-0.1, -0.05) is 13.8 Å². The number of nitrogens with one attached hydrogen (secondary N) is 1. The number of rotatable bonds is 3. The van der Waals surface area contributed by atoms with E-state index in [0.717, 1.165) is 18.1 Å². The molecule has 1 atom stereocenters. The third kappa shape index (κ3) is 3.29. The summed E-state index contributed by atoms with van der Waals surface area (Å²) in [5, 5.41) is 3.59. The second kappa shape index (κ2) is 4.84. The fraction of sp³-hybridized carbons (Fsp3) is 0.692. The second-order valence-electron chi connectivity index (χ2n) is 5.47. The van der Waals surface area contributed by atoms with E-state index >= 15 is 0 Å². The number of hydrogen-bond donors (Lipinski definition) is 1. The summed E-state index contributed by atoms with van der Waals surface area (Å²) in [5.74, 6) is 4.55. The summed E-state index contributed by atoms with van der Waals surface area (Å²) in [6, 6.07) is 4.71. The minimum atomic E-state index is 0.472. The molecule has 90 valence electrons. The highest BCUT2D eigenvalue weighted by molar-refractivity contribution is 7.99. The molecule has 0 radical (unpaired) electrons. The van der Waals surface area contributed by atoms with Gasteiger partial charge in [-0.05, 0) is 36.6 Å². The molecular formula is C13H21NOS. The SMILES string of the molecule is Cc1ccc(CNC2CSCC(C)(C)C2)o1. The molecule has 0 aromatic carbocycles. The van der Waals surface area contributed by atoms with Crippen molar-refractivity contribution in [3.05, 3.63) is 23.7 Å². The number of thioether (sulfide) groups is 1. The third-order valence-corrected chi connectivity index (χ3v) is 4.60. The van der Waals surface area contributed by atoms with Crippen LogP contribution in [-0.4, -0.2) is 17.5 Å². The lowest BCUT2D eigenvalue weighted by Crippen LogP contribution is -2.39. The van der Waals surface area contributed by atoms with E-state index in [-0.39, 0.29) is 0 Å². The van der Waals surface area contributed by atoms with Crippen LogP contribution in [0.25, 0.3) is 0 Å². The summed E-state index contributed by atoms with van der Waals surface area (Å²) in [4.78, 5) is 0. The highest BCUT2D eigenvalue weighted by atomic mass is 32.2. The molecule has 0 spiro atoms. The highest BCUT2D eigenvalue weighted by Gasteiger charge is 2.28. The zero-order valence-electron chi connectivity index (χ0n) is 10.4. The van der Waals surface area contributed by atoms with Gasteiger partial charge < -0.3 is 9.73 Å². The quantitative estimate of drug-likeness (QED) is 0.877.